The van der Waals surface area contributed by atoms with E-state index in [2.05, 4.69) is 23.2 Å². The largest absolute Gasteiger partial charge is 0.619 e. The second-order valence-electron chi connectivity index (χ2n) is 27.8. The number of methoxy groups -OCH3 is 4. The van der Waals surface area contributed by atoms with Crippen LogP contribution in [0.2, 0.25) is 20.1 Å². The average Bonchev–Trinajstić information content (AvgIpc) is 1.77. The maximum atomic E-state index is 13.8. The van der Waals surface area contributed by atoms with E-state index in [1.807, 2.05) is 0 Å². The lowest BCUT2D eigenvalue weighted by atomic mass is 10.0. The Labute approximate surface area is 735 Å². The summed E-state index contributed by atoms with van der Waals surface area (Å²) in [5.74, 6) is -2.02. The van der Waals surface area contributed by atoms with Crippen LogP contribution in [-0.2, 0) is 62.3 Å². The van der Waals surface area contributed by atoms with Crippen LogP contribution < -0.4 is 65.2 Å². The normalized spacial score (nSPS) is 15.1. The van der Waals surface area contributed by atoms with Crippen LogP contribution in [0.5, 0.6) is 69.0 Å². The third-order valence-electron chi connectivity index (χ3n) is 18.2. The lowest BCUT2D eigenvalue weighted by Gasteiger charge is -2.27. The molecular formula is C81H84Cl4F4N4O29S3. The molecule has 6 aromatic carbocycles. The zero-order chi connectivity index (χ0) is 91.8. The predicted molar refractivity (Wildman–Crippen MR) is 441 cm³/mol. The van der Waals surface area contributed by atoms with Crippen molar-refractivity contribution in [3.63, 3.8) is 0 Å². The Morgan fingerprint density at radius 2 is 0.896 bits per heavy atom. The molecule has 44 heteroatoms. The van der Waals surface area contributed by atoms with Crippen molar-refractivity contribution in [3.05, 3.63) is 209 Å². The van der Waals surface area contributed by atoms with E-state index in [0.29, 0.717) is 87.5 Å². The minimum atomic E-state index is -3.96. The molecule has 2 aliphatic carbocycles. The van der Waals surface area contributed by atoms with Gasteiger partial charge in [-0.1, -0.05) is 58.5 Å². The minimum absolute atomic E-state index is 0.00398. The summed E-state index contributed by atoms with van der Waals surface area (Å²) in [5.41, 5.74) is 2.21. The monoisotopic (exact) mass is 1890 g/mol. The molecule has 676 valence electrons. The number of aromatic hydroxyl groups is 1. The Bertz CT molecular complexity index is 5480. The Kier molecular flexibility index (Phi) is 36.1. The Morgan fingerprint density at radius 3 is 1.28 bits per heavy atom. The van der Waals surface area contributed by atoms with Gasteiger partial charge in [0.2, 0.25) is 0 Å². The Hall–Kier alpha value is -11.3. The number of alkyl halides is 4. The van der Waals surface area contributed by atoms with Crippen molar-refractivity contribution in [1.29, 1.82) is 0 Å². The highest BCUT2D eigenvalue weighted by Crippen LogP contribution is 2.42. The standard InChI is InChI=1S/C32H32Cl2F2N2O10S.C23H24Cl2F2N2O5.C9H10O6S.C9H10O5S.C8H8O3/c1-44-25-9-8-20(13-29(25)48-49(2,42)43)30(39)38-11-3-4-24(38)31(40)46-27(14-21-22(33)15-37(41)16-23(21)34)19-7-10-26(47-32(35)36)28(12-19)45-17-18-5-6-18;24-16-10-29(31)11-17(25)15(16)9-20(33-22(30)18-2-1-7-28-18)14-5-6-19(34-23(26)27)21(8-14)32-12-13-3-4-13;1-14-7-4-3-6(9(10)11)5-8(7)15-16(2,12)13;1-13-8-4-3-7(6-10)5-9(8)14-15(2,11)12;1-11-8-3-2-6(5-9)4-7(8)10/h7-10,12-13,15-16,18,24,27,32H,3-6,11,14,17H2,1-2H3;5-6,8,10-11,13,18,20,23,28H,1-4,7,9,12H2;3-5H,1-2H3,(H,10,11);3-6H,1-2H3;2-5,10H,1H3/t24-,27-;18-,20-;;;/m00.../s1. The molecular weight excluding hydrogens is 1810 g/mol. The van der Waals surface area contributed by atoms with Crippen molar-refractivity contribution in [1.82, 2.24) is 10.2 Å². The molecule has 2 aromatic heterocycles. The van der Waals surface area contributed by atoms with Gasteiger partial charge in [0.05, 0.1) is 66.0 Å². The van der Waals surface area contributed by atoms with Crippen molar-refractivity contribution < 1.29 is 151 Å². The number of ether oxygens (including phenoxy) is 10. The van der Waals surface area contributed by atoms with E-state index in [1.165, 1.54) is 124 Å². The van der Waals surface area contributed by atoms with Gasteiger partial charge in [0.1, 0.15) is 57.0 Å². The minimum Gasteiger partial charge on any atom is -0.619 e. The Balaban J connectivity index is 0.000000218. The third-order valence-corrected chi connectivity index (χ3v) is 21.0. The molecule has 3 N–H and O–H groups in total. The smallest absolute Gasteiger partial charge is 0.387 e. The van der Waals surface area contributed by atoms with Crippen molar-refractivity contribution in [3.8, 4) is 69.0 Å². The summed E-state index contributed by atoms with van der Waals surface area (Å²) >= 11 is 25.2. The lowest BCUT2D eigenvalue weighted by molar-refractivity contribution is -0.605. The number of amides is 1. The number of carbonyl (C=O) groups excluding carboxylic acids is 5. The molecule has 0 spiro atoms. The number of rotatable bonds is 34. The van der Waals surface area contributed by atoms with Crippen LogP contribution in [0.3, 0.4) is 0 Å². The first-order chi connectivity index (χ1) is 59.1. The second kappa shape index (κ2) is 45.6. The molecule has 2 aliphatic heterocycles. The molecule has 2 saturated carbocycles. The molecule has 0 radical (unpaired) electrons. The zero-order valence-corrected chi connectivity index (χ0v) is 72.9. The zero-order valence-electron chi connectivity index (χ0n) is 67.4. The summed E-state index contributed by atoms with van der Waals surface area (Å²) in [6, 6.07) is 23.5. The third kappa shape index (κ3) is 31.1. The van der Waals surface area contributed by atoms with Crippen LogP contribution in [0, 0.1) is 22.3 Å². The number of aromatic nitrogens is 2. The summed E-state index contributed by atoms with van der Waals surface area (Å²) in [6.45, 7) is -4.58. The number of aromatic carboxylic acids is 1. The first-order valence-electron chi connectivity index (χ1n) is 37.3. The fraction of sp³-hybridized carbons (Fsp3) is 0.358. The van der Waals surface area contributed by atoms with E-state index in [9.17, 15) is 82.0 Å². The van der Waals surface area contributed by atoms with Gasteiger partial charge >= 0.3 is 61.5 Å². The van der Waals surface area contributed by atoms with Crippen LogP contribution in [0.4, 0.5) is 17.6 Å². The highest BCUT2D eigenvalue weighted by molar-refractivity contribution is 7.86. The molecule has 2 saturated heterocycles. The molecule has 12 rings (SSSR count). The number of nitrogens with one attached hydrogen (secondary N) is 1. The van der Waals surface area contributed by atoms with E-state index in [4.69, 9.17) is 98.7 Å². The van der Waals surface area contributed by atoms with Crippen LogP contribution >= 0.6 is 46.4 Å². The number of hydrogen-bond donors (Lipinski definition) is 3. The Morgan fingerprint density at radius 1 is 0.504 bits per heavy atom. The van der Waals surface area contributed by atoms with E-state index in [0.717, 1.165) is 81.7 Å². The molecule has 0 unspecified atom stereocenters. The number of esters is 2. The topological polar surface area (TPSA) is 434 Å². The summed E-state index contributed by atoms with van der Waals surface area (Å²) in [5, 5.41) is 44.7. The van der Waals surface area contributed by atoms with Gasteiger partial charge in [-0.3, -0.25) is 19.2 Å². The fourth-order valence-electron chi connectivity index (χ4n) is 11.9. The van der Waals surface area contributed by atoms with Gasteiger partial charge in [-0.05, 0) is 172 Å². The molecule has 8 aromatic rings. The van der Waals surface area contributed by atoms with Crippen molar-refractivity contribution in [2.75, 3.05) is 73.5 Å². The fourth-order valence-corrected chi connectivity index (χ4v) is 14.5. The molecule has 33 nitrogen and oxygen atoms in total. The van der Waals surface area contributed by atoms with Gasteiger partial charge in [-0.15, -0.1) is 0 Å². The van der Waals surface area contributed by atoms with Gasteiger partial charge in [0, 0.05) is 53.3 Å². The van der Waals surface area contributed by atoms with E-state index in [-0.39, 0.29) is 138 Å². The molecule has 4 atom stereocenters. The number of halogens is 8. The number of hydrogen-bond acceptors (Lipinski definition) is 29. The number of benzene rings is 6. The van der Waals surface area contributed by atoms with E-state index < -0.39 is 91.7 Å². The SMILES string of the molecule is COc1ccc(C(=O)N2CCC[C@H]2C(=O)O[C@@H](Cc2c(Cl)c[n+]([O-])cc2Cl)c2ccc(OC(F)F)c(OCC3CC3)c2)cc1OS(C)(=O)=O.COc1ccc(C(=O)O)cc1OS(C)(=O)=O.COc1ccc(C=O)cc1O.COc1ccc(C=O)cc1OS(C)(=O)=O.O=C(O[C@@H](Cc1c(Cl)c[n+]([O-])cc1Cl)c1ccc(OC(F)F)c(OCC2CC2)c1)[C@@H]1CCCN1. The molecule has 125 heavy (non-hydrogen) atoms. The lowest BCUT2D eigenvalue weighted by Crippen LogP contribution is -2.42. The summed E-state index contributed by atoms with van der Waals surface area (Å²) in [6.07, 6.45) is 12.4. The quantitative estimate of drug-likeness (QED) is 0.00842. The van der Waals surface area contributed by atoms with Crippen LogP contribution in [-0.4, -0.2) is 176 Å². The number of carboxylic acids is 1. The molecule has 0 bridgehead atoms. The van der Waals surface area contributed by atoms with Gasteiger partial charge in [-0.2, -0.15) is 52.3 Å². The van der Waals surface area contributed by atoms with Crippen LogP contribution in [0.15, 0.2) is 134 Å². The number of phenols is 1. The van der Waals surface area contributed by atoms with Crippen molar-refractivity contribution >= 4 is 113 Å². The number of nitrogens with zero attached hydrogens (tertiary/aromatic N) is 3. The maximum absolute atomic E-state index is 13.8. The summed E-state index contributed by atoms with van der Waals surface area (Å²) in [4.78, 5) is 73.0. The van der Waals surface area contributed by atoms with E-state index in [1.54, 1.807) is 12.1 Å². The van der Waals surface area contributed by atoms with Gasteiger partial charge in [0.25, 0.3) is 5.91 Å². The van der Waals surface area contributed by atoms with Crippen molar-refractivity contribution in [2.24, 2.45) is 11.8 Å². The van der Waals surface area contributed by atoms with E-state index >= 15 is 0 Å². The summed E-state index contributed by atoms with van der Waals surface area (Å²) in [7, 11) is -5.84. The van der Waals surface area contributed by atoms with Crippen LogP contribution in [0.25, 0.3) is 0 Å². The number of carbonyl (C=O) groups is 6. The number of carboxylic acid groups (broad SMARTS) is 1. The number of aldehydes is 2. The predicted octanol–water partition coefficient (Wildman–Crippen LogP) is 12.9. The first kappa shape index (κ1) is 99.2. The highest BCUT2D eigenvalue weighted by Gasteiger charge is 2.39. The average molecular weight is 1890 g/mol. The second-order valence-corrected chi connectivity index (χ2v) is 34.2. The molecule has 4 aliphatic rings. The molecule has 4 fully saturated rings. The highest BCUT2D eigenvalue weighted by atomic mass is 35.5. The molecule has 4 heterocycles. The number of likely N-dealkylation sites (tertiary alicyclic amines) is 1. The van der Waals surface area contributed by atoms with Gasteiger partial charge < -0.3 is 90.8 Å². The number of phenolic OH excluding ortho intramolecular Hbond substituents is 1. The number of pyridine rings is 2. The molecule has 1 amide bonds. The van der Waals surface area contributed by atoms with Gasteiger partial charge in [0.15, 0.2) is 93.8 Å². The van der Waals surface area contributed by atoms with Crippen LogP contribution in [0.1, 0.15) is 127 Å². The van der Waals surface area contributed by atoms with Gasteiger partial charge in [-0.25, -0.2) is 9.59 Å². The first-order valence-corrected chi connectivity index (χ1v) is 44.3. The maximum Gasteiger partial charge on any atom is 0.387 e. The summed E-state index contributed by atoms with van der Waals surface area (Å²) < 4.78 is 187. The van der Waals surface area contributed by atoms with Crippen molar-refractivity contribution in [2.45, 2.75) is 102 Å².